The van der Waals surface area contributed by atoms with Crippen LogP contribution in [0.4, 0.5) is 0 Å². The molecular weight excluding hydrogens is 188 g/mol. The first-order valence-electron chi connectivity index (χ1n) is 5.52. The summed E-state index contributed by atoms with van der Waals surface area (Å²) in [6.07, 6.45) is 2.03. The lowest BCUT2D eigenvalue weighted by atomic mass is 10.3. The minimum atomic E-state index is -1.49. The lowest BCUT2D eigenvalue weighted by Crippen LogP contribution is -2.34. The van der Waals surface area contributed by atoms with Gasteiger partial charge in [0.25, 0.3) is 0 Å². The Morgan fingerprint density at radius 2 is 1.57 bits per heavy atom. The average molecular weight is 212 g/mol. The number of rotatable bonds is 6. The summed E-state index contributed by atoms with van der Waals surface area (Å²) < 4.78 is 6.06. The molecule has 0 aliphatic carbocycles. The van der Waals surface area contributed by atoms with Gasteiger partial charge in [-0.15, -0.1) is 0 Å². The first-order chi connectivity index (χ1) is 6.49. The molecule has 0 aromatic carbocycles. The van der Waals surface area contributed by atoms with Gasteiger partial charge in [0.15, 0.2) is 0 Å². The van der Waals surface area contributed by atoms with Crippen molar-refractivity contribution in [2.45, 2.75) is 52.8 Å². The molecule has 0 saturated heterocycles. The summed E-state index contributed by atoms with van der Waals surface area (Å²) in [7, 11) is -1.49. The van der Waals surface area contributed by atoms with E-state index in [-0.39, 0.29) is 0 Å². The number of hydrogen-bond donors (Lipinski definition) is 0. The Morgan fingerprint density at radius 3 is 1.86 bits per heavy atom. The first kappa shape index (κ1) is 13.5. The Labute approximate surface area is 90.0 Å². The zero-order valence-corrected chi connectivity index (χ0v) is 11.3. The minimum Gasteiger partial charge on any atom is -0.544 e. The standard InChI is InChI=1S/C12H24OSi/c1-7-14(8-2,9-3)13-12(6)10-11(4)5/h10H,6-9H2,1-5H3. The normalized spacial score (nSPS) is 10.9. The van der Waals surface area contributed by atoms with Crippen molar-refractivity contribution in [3.8, 4) is 0 Å². The molecule has 82 valence electrons. The highest BCUT2D eigenvalue weighted by molar-refractivity contribution is 6.73. The molecule has 0 N–H and O–H groups in total. The van der Waals surface area contributed by atoms with Crippen LogP contribution < -0.4 is 0 Å². The number of hydrogen-bond acceptors (Lipinski definition) is 1. The molecule has 0 aromatic heterocycles. The summed E-state index contributed by atoms with van der Waals surface area (Å²) >= 11 is 0. The summed E-state index contributed by atoms with van der Waals surface area (Å²) in [5.41, 5.74) is 1.25. The molecule has 0 rings (SSSR count). The van der Waals surface area contributed by atoms with Crippen LogP contribution in [-0.2, 0) is 4.43 Å². The molecule has 0 spiro atoms. The Bertz CT molecular complexity index is 202. The monoisotopic (exact) mass is 212 g/mol. The topological polar surface area (TPSA) is 9.23 Å². The zero-order chi connectivity index (χ0) is 11.2. The van der Waals surface area contributed by atoms with Gasteiger partial charge in [-0.3, -0.25) is 0 Å². The summed E-state index contributed by atoms with van der Waals surface area (Å²) in [6.45, 7) is 14.8. The quantitative estimate of drug-likeness (QED) is 0.358. The van der Waals surface area contributed by atoms with E-state index in [0.717, 1.165) is 5.76 Å². The van der Waals surface area contributed by atoms with Crippen LogP contribution in [0.2, 0.25) is 18.1 Å². The van der Waals surface area contributed by atoms with Gasteiger partial charge in [-0.25, -0.2) is 0 Å². The van der Waals surface area contributed by atoms with Gasteiger partial charge < -0.3 is 4.43 Å². The van der Waals surface area contributed by atoms with Crippen LogP contribution in [0.5, 0.6) is 0 Å². The maximum atomic E-state index is 6.06. The maximum absolute atomic E-state index is 6.06. The lowest BCUT2D eigenvalue weighted by Gasteiger charge is -2.29. The van der Waals surface area contributed by atoms with E-state index in [9.17, 15) is 0 Å². The Hall–Kier alpha value is -0.503. The van der Waals surface area contributed by atoms with Crippen LogP contribution in [0, 0.1) is 0 Å². The third-order valence-corrected chi connectivity index (χ3v) is 7.29. The molecule has 0 bridgehead atoms. The molecule has 0 amide bonds. The van der Waals surface area contributed by atoms with E-state index in [1.165, 1.54) is 23.7 Å². The van der Waals surface area contributed by atoms with Crippen molar-refractivity contribution in [3.05, 3.63) is 24.0 Å². The van der Waals surface area contributed by atoms with Gasteiger partial charge in [0.1, 0.15) is 0 Å². The molecule has 0 radical (unpaired) electrons. The molecule has 0 saturated carbocycles. The Balaban J connectivity index is 4.45. The van der Waals surface area contributed by atoms with Crippen LogP contribution in [0.15, 0.2) is 24.0 Å². The molecule has 0 aliphatic heterocycles. The molecule has 0 fully saturated rings. The van der Waals surface area contributed by atoms with E-state index in [4.69, 9.17) is 4.43 Å². The molecule has 14 heavy (non-hydrogen) atoms. The van der Waals surface area contributed by atoms with E-state index in [1.807, 2.05) is 6.08 Å². The Morgan fingerprint density at radius 1 is 1.14 bits per heavy atom. The highest BCUT2D eigenvalue weighted by Gasteiger charge is 2.30. The molecule has 2 heteroatoms. The summed E-state index contributed by atoms with van der Waals surface area (Å²) in [5, 5.41) is 0. The second-order valence-electron chi connectivity index (χ2n) is 4.03. The van der Waals surface area contributed by atoms with Gasteiger partial charge in [-0.2, -0.15) is 0 Å². The molecule has 0 unspecified atom stereocenters. The largest absolute Gasteiger partial charge is 0.544 e. The molecule has 0 heterocycles. The zero-order valence-electron chi connectivity index (χ0n) is 10.3. The fourth-order valence-corrected chi connectivity index (χ4v) is 4.14. The van der Waals surface area contributed by atoms with E-state index in [2.05, 4.69) is 41.2 Å². The summed E-state index contributed by atoms with van der Waals surface area (Å²) in [5.74, 6) is 0.849. The third-order valence-electron chi connectivity index (χ3n) is 2.73. The van der Waals surface area contributed by atoms with Crippen LogP contribution in [0.3, 0.4) is 0 Å². The Kier molecular flexibility index (Phi) is 5.85. The SMILES string of the molecule is C=C(C=C(C)C)O[Si](CC)(CC)CC. The lowest BCUT2D eigenvalue weighted by molar-refractivity contribution is 0.424. The van der Waals surface area contributed by atoms with Gasteiger partial charge in [-0.1, -0.05) is 32.9 Å². The van der Waals surface area contributed by atoms with Crippen molar-refractivity contribution in [3.63, 3.8) is 0 Å². The minimum absolute atomic E-state index is 0.849. The van der Waals surface area contributed by atoms with E-state index >= 15 is 0 Å². The molecule has 0 aliphatic rings. The van der Waals surface area contributed by atoms with Gasteiger partial charge in [-0.05, 0) is 38.1 Å². The molecule has 1 nitrogen and oxygen atoms in total. The van der Waals surface area contributed by atoms with Crippen molar-refractivity contribution in [2.75, 3.05) is 0 Å². The van der Waals surface area contributed by atoms with Crippen LogP contribution in [0.25, 0.3) is 0 Å². The van der Waals surface area contributed by atoms with Crippen molar-refractivity contribution >= 4 is 8.32 Å². The predicted molar refractivity (Wildman–Crippen MR) is 66.9 cm³/mol. The molecular formula is C12H24OSi. The van der Waals surface area contributed by atoms with Crippen LogP contribution >= 0.6 is 0 Å². The summed E-state index contributed by atoms with van der Waals surface area (Å²) in [6, 6.07) is 3.53. The van der Waals surface area contributed by atoms with Crippen molar-refractivity contribution in [1.82, 2.24) is 0 Å². The second-order valence-corrected chi connectivity index (χ2v) is 8.73. The fraction of sp³-hybridized carbons (Fsp3) is 0.667. The molecule has 0 atom stereocenters. The van der Waals surface area contributed by atoms with Crippen molar-refractivity contribution in [1.29, 1.82) is 0 Å². The van der Waals surface area contributed by atoms with E-state index in [0.29, 0.717) is 0 Å². The summed E-state index contributed by atoms with van der Waals surface area (Å²) in [4.78, 5) is 0. The first-order valence-corrected chi connectivity index (χ1v) is 8.05. The highest BCUT2D eigenvalue weighted by atomic mass is 28.4. The average Bonchev–Trinajstić information content (AvgIpc) is 2.13. The number of allylic oxidation sites excluding steroid dienone is 2. The molecule has 0 aromatic rings. The van der Waals surface area contributed by atoms with Gasteiger partial charge in [0.05, 0.1) is 5.76 Å². The third kappa shape index (κ3) is 4.14. The van der Waals surface area contributed by atoms with Gasteiger partial charge >= 0.3 is 0 Å². The van der Waals surface area contributed by atoms with E-state index in [1.54, 1.807) is 0 Å². The maximum Gasteiger partial charge on any atom is 0.250 e. The predicted octanol–water partition coefficient (Wildman–Crippen LogP) is 4.49. The van der Waals surface area contributed by atoms with Gasteiger partial charge in [0, 0.05) is 0 Å². The second kappa shape index (κ2) is 6.07. The van der Waals surface area contributed by atoms with E-state index < -0.39 is 8.32 Å². The van der Waals surface area contributed by atoms with Gasteiger partial charge in [0.2, 0.25) is 8.32 Å². The highest BCUT2D eigenvalue weighted by Crippen LogP contribution is 2.24. The van der Waals surface area contributed by atoms with Crippen molar-refractivity contribution in [2.24, 2.45) is 0 Å². The fourth-order valence-electron chi connectivity index (χ4n) is 1.60. The smallest absolute Gasteiger partial charge is 0.250 e. The van der Waals surface area contributed by atoms with Crippen molar-refractivity contribution < 1.29 is 4.43 Å². The van der Waals surface area contributed by atoms with Crippen LogP contribution in [-0.4, -0.2) is 8.32 Å². The van der Waals surface area contributed by atoms with Crippen LogP contribution in [0.1, 0.15) is 34.6 Å².